The van der Waals surface area contributed by atoms with Crippen LogP contribution in [0.25, 0.3) is 122 Å². The molecule has 0 unspecified atom stereocenters. The van der Waals surface area contributed by atoms with Crippen LogP contribution in [0.2, 0.25) is 0 Å². The first-order valence-electron chi connectivity index (χ1n) is 21.9. The fourth-order valence-corrected chi connectivity index (χ4v) is 9.56. The molecule has 0 atom stereocenters. The number of aromatic nitrogens is 2. The van der Waals surface area contributed by atoms with E-state index in [2.05, 4.69) is 224 Å². The van der Waals surface area contributed by atoms with E-state index in [-0.39, 0.29) is 0 Å². The van der Waals surface area contributed by atoms with Crippen LogP contribution >= 0.6 is 0 Å². The summed E-state index contributed by atoms with van der Waals surface area (Å²) in [7, 11) is 0. The van der Waals surface area contributed by atoms with Gasteiger partial charge in [0.15, 0.2) is 5.82 Å². The van der Waals surface area contributed by atoms with E-state index in [4.69, 9.17) is 9.97 Å². The van der Waals surface area contributed by atoms with Crippen LogP contribution in [-0.4, -0.2) is 9.97 Å². The van der Waals surface area contributed by atoms with Crippen molar-refractivity contribution in [2.75, 3.05) is 0 Å². The van der Waals surface area contributed by atoms with Gasteiger partial charge in [0.25, 0.3) is 0 Å². The van der Waals surface area contributed by atoms with Crippen molar-refractivity contribution in [3.8, 4) is 78.4 Å². The first-order chi connectivity index (χ1) is 31.7. The highest BCUT2D eigenvalue weighted by Crippen LogP contribution is 2.46. The van der Waals surface area contributed by atoms with Gasteiger partial charge in [-0.2, -0.15) is 0 Å². The summed E-state index contributed by atoms with van der Waals surface area (Å²) in [6.07, 6.45) is 0. The van der Waals surface area contributed by atoms with Crippen LogP contribution in [-0.2, 0) is 0 Å². The van der Waals surface area contributed by atoms with Crippen LogP contribution in [0.1, 0.15) is 0 Å². The average molecular weight is 813 g/mol. The summed E-state index contributed by atoms with van der Waals surface area (Å²) in [5, 5.41) is 9.88. The zero-order valence-electron chi connectivity index (χ0n) is 35.0. The van der Waals surface area contributed by atoms with Gasteiger partial charge >= 0.3 is 0 Å². The lowest BCUT2D eigenvalue weighted by Crippen LogP contribution is -2.00. The molecule has 0 saturated carbocycles. The van der Waals surface area contributed by atoms with Crippen LogP contribution in [0.5, 0.6) is 0 Å². The van der Waals surface area contributed by atoms with E-state index < -0.39 is 0 Å². The molecule has 0 aliphatic carbocycles. The molecule has 0 saturated heterocycles. The molecule has 64 heavy (non-hydrogen) atoms. The van der Waals surface area contributed by atoms with Crippen LogP contribution in [0.4, 0.5) is 0 Å². The van der Waals surface area contributed by atoms with Gasteiger partial charge in [0.1, 0.15) is 0 Å². The van der Waals surface area contributed by atoms with E-state index in [1.54, 1.807) is 0 Å². The number of benzene rings is 11. The van der Waals surface area contributed by atoms with E-state index in [1.165, 1.54) is 65.3 Å². The maximum Gasteiger partial charge on any atom is 0.160 e. The second-order valence-corrected chi connectivity index (χ2v) is 16.5. The minimum atomic E-state index is 0.702. The highest BCUT2D eigenvalue weighted by Gasteiger charge is 2.22. The standard InChI is InChI=1S/C62H40N2/c1-4-18-45(19-5-1)60-59(61(46-20-6-2-7-21-46)64-62(63-60)47-22-8-3-9-23-47)44-32-28-43(29-33-44)50-36-37-55-56(40-50)58(52-35-31-42-17-11-13-25-49(42)39-52)54-27-15-14-26-53(54)57(55)51-34-30-41-16-10-12-24-48(41)38-51/h1-40H. The number of hydrogen-bond donors (Lipinski definition) is 0. The van der Waals surface area contributed by atoms with Gasteiger partial charge in [-0.15, -0.1) is 0 Å². The molecule has 11 aromatic carbocycles. The molecule has 2 heteroatoms. The molecule has 0 aliphatic heterocycles. The molecule has 0 amide bonds. The molecule has 1 aromatic heterocycles. The van der Waals surface area contributed by atoms with Crippen LogP contribution in [0, 0.1) is 0 Å². The summed E-state index contributed by atoms with van der Waals surface area (Å²) < 4.78 is 0. The molecule has 0 fully saturated rings. The fourth-order valence-electron chi connectivity index (χ4n) is 9.56. The second kappa shape index (κ2) is 15.8. The molecule has 1 heterocycles. The number of rotatable bonds is 7. The highest BCUT2D eigenvalue weighted by atomic mass is 14.9. The number of fused-ring (bicyclic) bond motifs is 4. The topological polar surface area (TPSA) is 25.8 Å². The van der Waals surface area contributed by atoms with E-state index >= 15 is 0 Å². The monoisotopic (exact) mass is 812 g/mol. The SMILES string of the molecule is c1ccc(-c2nc(-c3ccccc3)c(-c3ccc(-c4ccc5c(-c6ccc7ccccc7c6)c6ccccc6c(-c6ccc7ccccc7c6)c5c4)cc3)c(-c3ccccc3)n2)cc1. The van der Waals surface area contributed by atoms with Gasteiger partial charge in [-0.3, -0.25) is 0 Å². The van der Waals surface area contributed by atoms with Gasteiger partial charge < -0.3 is 0 Å². The summed E-state index contributed by atoms with van der Waals surface area (Å²) in [5.74, 6) is 0.702. The van der Waals surface area contributed by atoms with E-state index in [0.29, 0.717) is 5.82 Å². The van der Waals surface area contributed by atoms with Crippen molar-refractivity contribution in [1.82, 2.24) is 9.97 Å². The molecule has 2 nitrogen and oxygen atoms in total. The normalized spacial score (nSPS) is 11.4. The van der Waals surface area contributed by atoms with Crippen LogP contribution in [0.3, 0.4) is 0 Å². The predicted molar refractivity (Wildman–Crippen MR) is 270 cm³/mol. The first-order valence-corrected chi connectivity index (χ1v) is 21.9. The molecule has 0 N–H and O–H groups in total. The molecule has 0 bridgehead atoms. The third-order valence-corrected chi connectivity index (χ3v) is 12.6. The van der Waals surface area contributed by atoms with Crippen molar-refractivity contribution in [3.63, 3.8) is 0 Å². The zero-order chi connectivity index (χ0) is 42.4. The Bertz CT molecular complexity index is 3630. The van der Waals surface area contributed by atoms with Crippen LogP contribution < -0.4 is 0 Å². The van der Waals surface area contributed by atoms with Gasteiger partial charge in [0, 0.05) is 22.3 Å². The summed E-state index contributed by atoms with van der Waals surface area (Å²) in [5.41, 5.74) is 14.2. The molecule has 12 rings (SSSR count). The molecular weight excluding hydrogens is 773 g/mol. The Kier molecular flexibility index (Phi) is 9.20. The molecule has 0 spiro atoms. The maximum absolute atomic E-state index is 5.31. The Morgan fingerprint density at radius 1 is 0.203 bits per heavy atom. The van der Waals surface area contributed by atoms with Gasteiger partial charge in [0.05, 0.1) is 11.4 Å². The zero-order valence-corrected chi connectivity index (χ0v) is 35.0. The first kappa shape index (κ1) is 37.3. The van der Waals surface area contributed by atoms with E-state index in [0.717, 1.165) is 50.3 Å². The lowest BCUT2D eigenvalue weighted by molar-refractivity contribution is 1.18. The minimum Gasteiger partial charge on any atom is -0.227 e. The molecule has 0 aliphatic rings. The minimum absolute atomic E-state index is 0.702. The Morgan fingerprint density at radius 3 is 1.12 bits per heavy atom. The highest BCUT2D eigenvalue weighted by molar-refractivity contribution is 6.22. The van der Waals surface area contributed by atoms with Crippen molar-refractivity contribution in [1.29, 1.82) is 0 Å². The summed E-state index contributed by atoms with van der Waals surface area (Å²) in [4.78, 5) is 10.6. The quantitative estimate of drug-likeness (QED) is 0.150. The van der Waals surface area contributed by atoms with Crippen molar-refractivity contribution in [2.45, 2.75) is 0 Å². The largest absolute Gasteiger partial charge is 0.227 e. The third-order valence-electron chi connectivity index (χ3n) is 12.6. The molecule has 0 radical (unpaired) electrons. The Balaban J connectivity index is 1.07. The maximum atomic E-state index is 5.31. The van der Waals surface area contributed by atoms with Crippen molar-refractivity contribution in [2.24, 2.45) is 0 Å². The average Bonchev–Trinajstić information content (AvgIpc) is 3.38. The lowest BCUT2D eigenvalue weighted by atomic mass is 9.84. The van der Waals surface area contributed by atoms with Crippen molar-refractivity contribution in [3.05, 3.63) is 243 Å². The third kappa shape index (κ3) is 6.61. The summed E-state index contributed by atoms with van der Waals surface area (Å²) in [6, 6.07) is 87.3. The summed E-state index contributed by atoms with van der Waals surface area (Å²) in [6.45, 7) is 0. The number of nitrogens with zero attached hydrogens (tertiary/aromatic N) is 2. The Morgan fingerprint density at radius 2 is 0.594 bits per heavy atom. The van der Waals surface area contributed by atoms with Gasteiger partial charge in [-0.25, -0.2) is 9.97 Å². The van der Waals surface area contributed by atoms with Crippen LogP contribution in [0.15, 0.2) is 243 Å². The van der Waals surface area contributed by atoms with E-state index in [9.17, 15) is 0 Å². The lowest BCUT2D eigenvalue weighted by Gasteiger charge is -2.19. The second-order valence-electron chi connectivity index (χ2n) is 16.5. The van der Waals surface area contributed by atoms with Gasteiger partial charge in [-0.05, 0) is 100 Å². The Labute approximate surface area is 372 Å². The smallest absolute Gasteiger partial charge is 0.160 e. The Hall–Kier alpha value is -8.46. The molecule has 298 valence electrons. The summed E-state index contributed by atoms with van der Waals surface area (Å²) >= 11 is 0. The predicted octanol–water partition coefficient (Wildman–Crippen LogP) is 16.8. The van der Waals surface area contributed by atoms with Gasteiger partial charge in [0.2, 0.25) is 0 Å². The van der Waals surface area contributed by atoms with Gasteiger partial charge in [-0.1, -0.05) is 224 Å². The van der Waals surface area contributed by atoms with Crippen molar-refractivity contribution < 1.29 is 0 Å². The fraction of sp³-hybridized carbons (Fsp3) is 0. The molecular formula is C62H40N2. The van der Waals surface area contributed by atoms with Crippen molar-refractivity contribution >= 4 is 43.1 Å². The molecule has 12 aromatic rings. The number of hydrogen-bond acceptors (Lipinski definition) is 2. The van der Waals surface area contributed by atoms with E-state index in [1.807, 2.05) is 18.2 Å².